The van der Waals surface area contributed by atoms with E-state index in [1.54, 1.807) is 12.1 Å². The number of thiazole rings is 1. The summed E-state index contributed by atoms with van der Waals surface area (Å²) in [6.07, 6.45) is 2.80. The third kappa shape index (κ3) is 5.32. The number of fused-ring (bicyclic) bond motifs is 1. The second kappa shape index (κ2) is 10.5. The molecule has 0 unspecified atom stereocenters. The molecule has 4 aromatic rings. The third-order valence-electron chi connectivity index (χ3n) is 6.24. The Morgan fingerprint density at radius 3 is 2.54 bits per heavy atom. The van der Waals surface area contributed by atoms with Gasteiger partial charge in [-0.1, -0.05) is 36.4 Å². The van der Waals surface area contributed by atoms with Gasteiger partial charge in [-0.05, 0) is 19.1 Å². The van der Waals surface area contributed by atoms with Crippen LogP contribution in [-0.4, -0.2) is 82.4 Å². The minimum atomic E-state index is -3.60. The summed E-state index contributed by atoms with van der Waals surface area (Å²) in [6, 6.07) is 14.5. The summed E-state index contributed by atoms with van der Waals surface area (Å²) in [6.45, 7) is 4.68. The zero-order chi connectivity index (χ0) is 26.0. The molecule has 1 saturated heterocycles. The van der Waals surface area contributed by atoms with Crippen LogP contribution < -0.4 is 5.32 Å². The summed E-state index contributed by atoms with van der Waals surface area (Å²) in [7, 11) is -3.60. The number of sulfonamides is 1. The maximum Gasteiger partial charge on any atom is 0.337 e. The summed E-state index contributed by atoms with van der Waals surface area (Å²) < 4.78 is 28.2. The van der Waals surface area contributed by atoms with Crippen molar-refractivity contribution in [3.63, 3.8) is 0 Å². The zero-order valence-corrected chi connectivity index (χ0v) is 21.7. The van der Waals surface area contributed by atoms with Crippen LogP contribution in [0.1, 0.15) is 17.3 Å². The van der Waals surface area contributed by atoms with Gasteiger partial charge in [0.25, 0.3) is 10.0 Å². The molecule has 1 atom stereocenters. The predicted octanol–water partition coefficient (Wildman–Crippen LogP) is 3.26. The first-order chi connectivity index (χ1) is 17.8. The van der Waals surface area contributed by atoms with E-state index in [0.717, 1.165) is 5.56 Å². The lowest BCUT2D eigenvalue weighted by Gasteiger charge is -2.35. The Hall–Kier alpha value is -3.45. The molecule has 2 aromatic heterocycles. The fraction of sp³-hybridized carbons (Fsp3) is 0.280. The maximum atomic E-state index is 13.2. The monoisotopic (exact) mass is 538 g/mol. The van der Waals surface area contributed by atoms with Gasteiger partial charge in [-0.25, -0.2) is 28.2 Å². The summed E-state index contributed by atoms with van der Waals surface area (Å²) in [4.78, 5) is 26.5. The van der Waals surface area contributed by atoms with Crippen LogP contribution in [0.3, 0.4) is 0 Å². The van der Waals surface area contributed by atoms with Gasteiger partial charge in [0.05, 0.1) is 17.3 Å². The quantitative estimate of drug-likeness (QED) is 0.347. The highest BCUT2D eigenvalue weighted by atomic mass is 32.2. The molecular weight excluding hydrogens is 512 g/mol. The Labute approximate surface area is 218 Å². The number of carboxylic acids is 1. The number of nitrogens with zero attached hydrogens (tertiary/aromatic N) is 5. The molecule has 3 heterocycles. The highest BCUT2D eigenvalue weighted by molar-refractivity contribution is 7.91. The second-order valence-electron chi connectivity index (χ2n) is 8.83. The number of hydrogen-bond donors (Lipinski definition) is 2. The Morgan fingerprint density at radius 1 is 1.05 bits per heavy atom. The molecule has 0 radical (unpaired) electrons. The second-order valence-corrected chi connectivity index (χ2v) is 12.0. The molecule has 0 bridgehead atoms. The van der Waals surface area contributed by atoms with Gasteiger partial charge in [0.15, 0.2) is 4.21 Å². The van der Waals surface area contributed by atoms with Gasteiger partial charge in [-0.2, -0.15) is 4.31 Å². The molecule has 1 aliphatic rings. The summed E-state index contributed by atoms with van der Waals surface area (Å²) in [5.41, 5.74) is 1.41. The lowest BCUT2D eigenvalue weighted by molar-refractivity contribution is 0.0699. The van der Waals surface area contributed by atoms with E-state index in [4.69, 9.17) is 0 Å². The van der Waals surface area contributed by atoms with Crippen LogP contribution in [0.25, 0.3) is 21.5 Å². The van der Waals surface area contributed by atoms with Gasteiger partial charge < -0.3 is 10.4 Å². The summed E-state index contributed by atoms with van der Waals surface area (Å²) in [5, 5.41) is 14.1. The largest absolute Gasteiger partial charge is 0.478 e. The van der Waals surface area contributed by atoms with Gasteiger partial charge in [0.1, 0.15) is 17.2 Å². The van der Waals surface area contributed by atoms with Gasteiger partial charge in [0.2, 0.25) is 0 Å². The van der Waals surface area contributed by atoms with E-state index in [0.29, 0.717) is 54.5 Å². The zero-order valence-electron chi connectivity index (χ0n) is 20.1. The molecule has 2 N–H and O–H groups in total. The van der Waals surface area contributed by atoms with Crippen LogP contribution in [-0.2, 0) is 10.0 Å². The highest BCUT2D eigenvalue weighted by Gasteiger charge is 2.30. The summed E-state index contributed by atoms with van der Waals surface area (Å²) in [5.74, 6) is -0.466. The molecule has 5 rings (SSSR count). The molecular formula is C25H26N6O4S2. The van der Waals surface area contributed by atoms with Gasteiger partial charge in [-0.15, -0.1) is 11.3 Å². The topological polar surface area (TPSA) is 129 Å². The van der Waals surface area contributed by atoms with Crippen molar-refractivity contribution in [2.24, 2.45) is 0 Å². The van der Waals surface area contributed by atoms with Crippen LogP contribution in [0.15, 0.2) is 65.3 Å². The van der Waals surface area contributed by atoms with Crippen molar-refractivity contribution in [2.75, 3.05) is 38.0 Å². The molecule has 0 saturated carbocycles. The van der Waals surface area contributed by atoms with Crippen molar-refractivity contribution >= 4 is 44.1 Å². The number of hydrogen-bond acceptors (Lipinski definition) is 9. The molecule has 1 fully saturated rings. The Morgan fingerprint density at radius 2 is 1.81 bits per heavy atom. The number of nitrogens with one attached hydrogen (secondary N) is 1. The number of aromatic carboxylic acids is 1. The summed E-state index contributed by atoms with van der Waals surface area (Å²) >= 11 is 1.19. The first-order valence-electron chi connectivity index (χ1n) is 11.8. The van der Waals surface area contributed by atoms with Crippen LogP contribution in [0, 0.1) is 0 Å². The maximum absolute atomic E-state index is 13.2. The molecule has 37 heavy (non-hydrogen) atoms. The number of carbonyl (C=O) groups is 1. The molecule has 0 amide bonds. The van der Waals surface area contributed by atoms with E-state index in [-0.39, 0.29) is 15.8 Å². The first kappa shape index (κ1) is 25.2. The molecule has 192 valence electrons. The van der Waals surface area contributed by atoms with Crippen LogP contribution in [0.4, 0.5) is 5.82 Å². The minimum absolute atomic E-state index is 0.00957. The van der Waals surface area contributed by atoms with Crippen molar-refractivity contribution in [3.05, 3.63) is 66.6 Å². The molecule has 0 aliphatic carbocycles. The van der Waals surface area contributed by atoms with Gasteiger partial charge in [0, 0.05) is 49.7 Å². The van der Waals surface area contributed by atoms with Gasteiger partial charge in [-0.3, -0.25) is 4.90 Å². The lowest BCUT2D eigenvalue weighted by Crippen LogP contribution is -2.50. The molecule has 12 heteroatoms. The highest BCUT2D eigenvalue weighted by Crippen LogP contribution is 2.30. The average molecular weight is 539 g/mol. The number of para-hydroxylation sites is 1. The smallest absolute Gasteiger partial charge is 0.337 e. The van der Waals surface area contributed by atoms with E-state index >= 15 is 0 Å². The lowest BCUT2D eigenvalue weighted by atomic mass is 10.1. The van der Waals surface area contributed by atoms with Crippen LogP contribution >= 0.6 is 11.3 Å². The van der Waals surface area contributed by atoms with Crippen molar-refractivity contribution in [2.45, 2.75) is 17.2 Å². The standard InChI is InChI=1S/C25H26N6O4S2/c1-17(29-23-19-8-5-9-20(25(32)33)22(19)27-16-28-23)15-30-10-12-31(13-11-30)37(34,35)21-14-26-24(36-21)18-6-3-2-4-7-18/h2-9,14,16-17H,10-13,15H2,1H3,(H,32,33)(H,27,28,29)/t17-/m0/s1. The molecule has 10 nitrogen and oxygen atoms in total. The van der Waals surface area contributed by atoms with E-state index in [9.17, 15) is 18.3 Å². The van der Waals surface area contributed by atoms with Crippen molar-refractivity contribution in [1.29, 1.82) is 0 Å². The number of benzene rings is 2. The van der Waals surface area contributed by atoms with E-state index in [1.165, 1.54) is 34.2 Å². The van der Waals surface area contributed by atoms with Crippen LogP contribution in [0.2, 0.25) is 0 Å². The van der Waals surface area contributed by atoms with Crippen molar-refractivity contribution in [3.8, 4) is 10.6 Å². The number of anilines is 1. The number of carboxylic acid groups (broad SMARTS) is 1. The normalized spacial score (nSPS) is 16.0. The first-order valence-corrected chi connectivity index (χ1v) is 14.1. The number of aromatic nitrogens is 3. The minimum Gasteiger partial charge on any atom is -0.478 e. The Bertz CT molecular complexity index is 1520. The van der Waals surface area contributed by atoms with Crippen molar-refractivity contribution in [1.82, 2.24) is 24.2 Å². The van der Waals surface area contributed by atoms with Crippen LogP contribution in [0.5, 0.6) is 0 Å². The molecule has 2 aromatic carbocycles. The number of rotatable bonds is 8. The fourth-order valence-corrected chi connectivity index (χ4v) is 7.13. The van der Waals surface area contributed by atoms with E-state index in [1.807, 2.05) is 37.3 Å². The predicted molar refractivity (Wildman–Crippen MR) is 142 cm³/mol. The fourth-order valence-electron chi connectivity index (χ4n) is 4.41. The number of piperazine rings is 1. The van der Waals surface area contributed by atoms with Gasteiger partial charge >= 0.3 is 5.97 Å². The third-order valence-corrected chi connectivity index (χ3v) is 9.62. The Kier molecular flexibility index (Phi) is 7.15. The van der Waals surface area contributed by atoms with E-state index < -0.39 is 16.0 Å². The SMILES string of the molecule is C[C@@H](CN1CCN(S(=O)(=O)c2cnc(-c3ccccc3)s2)CC1)Nc1ncnc2c(C(=O)O)cccc12. The Balaban J connectivity index is 1.20. The average Bonchev–Trinajstić information content (AvgIpc) is 3.41. The van der Waals surface area contributed by atoms with E-state index in [2.05, 4.69) is 25.2 Å². The molecule has 0 spiro atoms. The molecule has 1 aliphatic heterocycles. The van der Waals surface area contributed by atoms with Crippen molar-refractivity contribution < 1.29 is 18.3 Å².